The quantitative estimate of drug-likeness (QED) is 0.818. The van der Waals surface area contributed by atoms with Crippen molar-refractivity contribution in [3.8, 4) is 0 Å². The van der Waals surface area contributed by atoms with Crippen molar-refractivity contribution in [1.29, 1.82) is 0 Å². The van der Waals surface area contributed by atoms with E-state index >= 15 is 0 Å². The molecule has 0 aliphatic carbocycles. The van der Waals surface area contributed by atoms with E-state index in [1.165, 1.54) is 5.56 Å². The van der Waals surface area contributed by atoms with Crippen molar-refractivity contribution in [2.24, 2.45) is 5.92 Å². The molecule has 114 valence electrons. The highest BCUT2D eigenvalue weighted by atomic mass is 16.2. The minimum Gasteiger partial charge on any atom is -0.311 e. The van der Waals surface area contributed by atoms with Crippen LogP contribution in [0.1, 0.15) is 37.3 Å². The fraction of sp³-hybridized carbons (Fsp3) is 0.350. The second-order valence-corrected chi connectivity index (χ2v) is 6.14. The summed E-state index contributed by atoms with van der Waals surface area (Å²) in [5, 5.41) is 0. The van der Waals surface area contributed by atoms with Crippen LogP contribution in [0.5, 0.6) is 0 Å². The Kier molecular flexibility index (Phi) is 4.28. The van der Waals surface area contributed by atoms with E-state index in [2.05, 4.69) is 44.2 Å². The summed E-state index contributed by atoms with van der Waals surface area (Å²) in [7, 11) is 0. The lowest BCUT2D eigenvalue weighted by Crippen LogP contribution is -2.36. The van der Waals surface area contributed by atoms with Crippen LogP contribution in [0.3, 0.4) is 0 Å². The predicted octanol–water partition coefficient (Wildman–Crippen LogP) is 4.41. The SMILES string of the molecule is CCC(C)C(C(=O)N1CCc2ccccc21)c1ccccc1. The number of nitrogens with zero attached hydrogens (tertiary/aromatic N) is 1. The lowest BCUT2D eigenvalue weighted by Gasteiger charge is -2.28. The van der Waals surface area contributed by atoms with Crippen molar-refractivity contribution in [3.63, 3.8) is 0 Å². The Morgan fingerprint density at radius 2 is 1.77 bits per heavy atom. The van der Waals surface area contributed by atoms with E-state index in [-0.39, 0.29) is 11.8 Å². The first kappa shape index (κ1) is 14.8. The van der Waals surface area contributed by atoms with E-state index in [0.29, 0.717) is 5.92 Å². The molecule has 22 heavy (non-hydrogen) atoms. The predicted molar refractivity (Wildman–Crippen MR) is 91.1 cm³/mol. The first-order valence-electron chi connectivity index (χ1n) is 8.16. The van der Waals surface area contributed by atoms with Gasteiger partial charge < -0.3 is 4.90 Å². The van der Waals surface area contributed by atoms with E-state index in [1.54, 1.807) is 0 Å². The van der Waals surface area contributed by atoms with E-state index in [4.69, 9.17) is 0 Å². The Labute approximate surface area is 132 Å². The lowest BCUT2D eigenvalue weighted by molar-refractivity contribution is -0.121. The molecule has 2 aromatic carbocycles. The molecule has 1 amide bonds. The molecular weight excluding hydrogens is 270 g/mol. The molecular formula is C20H23NO. The van der Waals surface area contributed by atoms with Gasteiger partial charge in [-0.1, -0.05) is 68.8 Å². The minimum atomic E-state index is -0.0580. The zero-order chi connectivity index (χ0) is 15.5. The maximum atomic E-state index is 13.2. The maximum Gasteiger partial charge on any atom is 0.234 e. The molecule has 0 aromatic heterocycles. The number of rotatable bonds is 4. The van der Waals surface area contributed by atoms with Crippen molar-refractivity contribution in [3.05, 3.63) is 65.7 Å². The second kappa shape index (κ2) is 6.35. The molecule has 0 bridgehead atoms. The van der Waals surface area contributed by atoms with Crippen molar-refractivity contribution >= 4 is 11.6 Å². The standard InChI is InChI=1S/C20H23NO/c1-3-15(2)19(17-10-5-4-6-11-17)20(22)21-14-13-16-9-7-8-12-18(16)21/h4-12,15,19H,3,13-14H2,1-2H3. The summed E-state index contributed by atoms with van der Waals surface area (Å²) in [4.78, 5) is 15.2. The minimum absolute atomic E-state index is 0.0580. The monoisotopic (exact) mass is 293 g/mol. The summed E-state index contributed by atoms with van der Waals surface area (Å²) < 4.78 is 0. The first-order valence-corrected chi connectivity index (χ1v) is 8.16. The highest BCUT2D eigenvalue weighted by molar-refractivity contribution is 6.00. The van der Waals surface area contributed by atoms with E-state index in [1.807, 2.05) is 29.2 Å². The molecule has 0 saturated heterocycles. The largest absolute Gasteiger partial charge is 0.311 e. The van der Waals surface area contributed by atoms with Gasteiger partial charge in [0.15, 0.2) is 0 Å². The Morgan fingerprint density at radius 3 is 2.50 bits per heavy atom. The molecule has 2 nitrogen and oxygen atoms in total. The van der Waals surface area contributed by atoms with Crippen LogP contribution in [-0.4, -0.2) is 12.5 Å². The number of hydrogen-bond acceptors (Lipinski definition) is 1. The van der Waals surface area contributed by atoms with Gasteiger partial charge in [0.2, 0.25) is 5.91 Å². The average Bonchev–Trinajstić information content (AvgIpc) is 3.00. The average molecular weight is 293 g/mol. The summed E-state index contributed by atoms with van der Waals surface area (Å²) in [6.07, 6.45) is 1.96. The fourth-order valence-electron chi connectivity index (χ4n) is 3.35. The fourth-order valence-corrected chi connectivity index (χ4v) is 3.35. The number of carbonyl (C=O) groups excluding carboxylic acids is 1. The van der Waals surface area contributed by atoms with Gasteiger partial charge >= 0.3 is 0 Å². The van der Waals surface area contributed by atoms with Crippen LogP contribution in [0.25, 0.3) is 0 Å². The summed E-state index contributed by atoms with van der Waals surface area (Å²) in [6.45, 7) is 5.14. The molecule has 0 fully saturated rings. The summed E-state index contributed by atoms with van der Waals surface area (Å²) in [5.74, 6) is 0.519. The molecule has 2 heteroatoms. The molecule has 2 atom stereocenters. The van der Waals surface area contributed by atoms with Gasteiger partial charge in [0.05, 0.1) is 5.92 Å². The van der Waals surface area contributed by atoms with E-state index in [9.17, 15) is 4.79 Å². The molecule has 0 radical (unpaired) electrons. The molecule has 0 N–H and O–H groups in total. The smallest absolute Gasteiger partial charge is 0.234 e. The number of benzene rings is 2. The van der Waals surface area contributed by atoms with Crippen molar-refractivity contribution < 1.29 is 4.79 Å². The Bertz CT molecular complexity index is 650. The van der Waals surface area contributed by atoms with Gasteiger partial charge in [-0.2, -0.15) is 0 Å². The van der Waals surface area contributed by atoms with Gasteiger partial charge in [-0.25, -0.2) is 0 Å². The van der Waals surface area contributed by atoms with Gasteiger partial charge in [0, 0.05) is 12.2 Å². The van der Waals surface area contributed by atoms with Crippen LogP contribution >= 0.6 is 0 Å². The molecule has 3 rings (SSSR count). The van der Waals surface area contributed by atoms with Crippen LogP contribution in [0.15, 0.2) is 54.6 Å². The zero-order valence-electron chi connectivity index (χ0n) is 13.3. The Morgan fingerprint density at radius 1 is 1.09 bits per heavy atom. The van der Waals surface area contributed by atoms with E-state index in [0.717, 1.165) is 30.6 Å². The third kappa shape index (κ3) is 2.66. The van der Waals surface area contributed by atoms with Crippen LogP contribution < -0.4 is 4.90 Å². The zero-order valence-corrected chi connectivity index (χ0v) is 13.3. The Balaban J connectivity index is 1.94. The number of hydrogen-bond donors (Lipinski definition) is 0. The Hall–Kier alpha value is -2.09. The molecule has 0 spiro atoms. The second-order valence-electron chi connectivity index (χ2n) is 6.14. The van der Waals surface area contributed by atoms with Crippen LogP contribution in [0.2, 0.25) is 0 Å². The van der Waals surface area contributed by atoms with Gasteiger partial charge in [-0.15, -0.1) is 0 Å². The molecule has 2 unspecified atom stereocenters. The van der Waals surface area contributed by atoms with Crippen molar-refractivity contribution in [2.75, 3.05) is 11.4 Å². The molecule has 2 aromatic rings. The van der Waals surface area contributed by atoms with Crippen molar-refractivity contribution in [2.45, 2.75) is 32.6 Å². The van der Waals surface area contributed by atoms with Crippen LogP contribution in [0.4, 0.5) is 5.69 Å². The third-order valence-corrected chi connectivity index (χ3v) is 4.79. The molecule has 1 heterocycles. The van der Waals surface area contributed by atoms with E-state index < -0.39 is 0 Å². The highest BCUT2D eigenvalue weighted by Crippen LogP contribution is 2.34. The summed E-state index contributed by atoms with van der Waals surface area (Å²) in [5.41, 5.74) is 3.51. The molecule has 1 aliphatic rings. The number of amides is 1. The van der Waals surface area contributed by atoms with Crippen LogP contribution in [0, 0.1) is 5.92 Å². The summed E-state index contributed by atoms with van der Waals surface area (Å²) in [6, 6.07) is 18.5. The van der Waals surface area contributed by atoms with Crippen LogP contribution in [-0.2, 0) is 11.2 Å². The molecule has 1 aliphatic heterocycles. The topological polar surface area (TPSA) is 20.3 Å². The number of carbonyl (C=O) groups is 1. The van der Waals surface area contributed by atoms with Gasteiger partial charge in [-0.05, 0) is 29.5 Å². The maximum absolute atomic E-state index is 13.2. The number of anilines is 1. The van der Waals surface area contributed by atoms with Gasteiger partial charge in [-0.3, -0.25) is 4.79 Å². The highest BCUT2D eigenvalue weighted by Gasteiger charge is 2.33. The van der Waals surface area contributed by atoms with Gasteiger partial charge in [0.25, 0.3) is 0 Å². The normalized spacial score (nSPS) is 16.2. The third-order valence-electron chi connectivity index (χ3n) is 4.79. The van der Waals surface area contributed by atoms with Gasteiger partial charge in [0.1, 0.15) is 0 Å². The summed E-state index contributed by atoms with van der Waals surface area (Å²) >= 11 is 0. The molecule has 0 saturated carbocycles. The lowest BCUT2D eigenvalue weighted by atomic mass is 9.84. The van der Waals surface area contributed by atoms with Crippen molar-refractivity contribution in [1.82, 2.24) is 0 Å². The number of para-hydroxylation sites is 1. The number of fused-ring (bicyclic) bond motifs is 1. The first-order chi connectivity index (χ1) is 10.7.